The van der Waals surface area contributed by atoms with Crippen LogP contribution >= 0.6 is 11.3 Å². The maximum Gasteiger partial charge on any atom is 0.224 e. The minimum atomic E-state index is 0.308. The van der Waals surface area contributed by atoms with Gasteiger partial charge in [0.25, 0.3) is 0 Å². The molecule has 0 saturated carbocycles. The van der Waals surface area contributed by atoms with E-state index in [2.05, 4.69) is 59.2 Å². The van der Waals surface area contributed by atoms with E-state index in [1.54, 1.807) is 11.3 Å². The summed E-state index contributed by atoms with van der Waals surface area (Å²) >= 11 is 1.77. The maximum absolute atomic E-state index is 12.7. The summed E-state index contributed by atoms with van der Waals surface area (Å²) < 4.78 is 2.09. The lowest BCUT2D eigenvalue weighted by atomic mass is 10.1. The minimum absolute atomic E-state index is 0.308. The summed E-state index contributed by atoms with van der Waals surface area (Å²) in [5.74, 6) is 0.308. The van der Waals surface area contributed by atoms with Gasteiger partial charge in [-0.25, -0.2) is 4.98 Å². The summed E-state index contributed by atoms with van der Waals surface area (Å²) in [4.78, 5) is 23.3. The zero-order chi connectivity index (χ0) is 20.0. The van der Waals surface area contributed by atoms with Crippen molar-refractivity contribution in [1.29, 1.82) is 0 Å². The average molecular weight is 402 g/mol. The molecule has 4 rings (SSSR count). The van der Waals surface area contributed by atoms with Gasteiger partial charge in [-0.1, -0.05) is 0 Å². The average Bonchev–Trinajstić information content (AvgIpc) is 3.35. The molecule has 0 N–H and O–H groups in total. The van der Waals surface area contributed by atoms with Gasteiger partial charge < -0.3 is 4.90 Å². The van der Waals surface area contributed by atoms with E-state index in [1.165, 1.54) is 16.1 Å². The quantitative estimate of drug-likeness (QED) is 0.747. The molecule has 28 heavy (non-hydrogen) atoms. The third-order valence-corrected chi connectivity index (χ3v) is 7.69. The van der Waals surface area contributed by atoms with E-state index in [9.17, 15) is 4.79 Å². The van der Waals surface area contributed by atoms with Crippen LogP contribution in [0.1, 0.15) is 52.3 Å². The first-order chi connectivity index (χ1) is 13.4. The second-order valence-corrected chi connectivity index (χ2v) is 9.44. The Kier molecular flexibility index (Phi) is 5.31. The zero-order valence-electron chi connectivity index (χ0n) is 17.7. The van der Waals surface area contributed by atoms with Crippen molar-refractivity contribution in [3.05, 3.63) is 32.5 Å². The Labute approximate surface area is 171 Å². The third-order valence-electron chi connectivity index (χ3n) is 6.56. The van der Waals surface area contributed by atoms with Gasteiger partial charge >= 0.3 is 0 Å². The largest absolute Gasteiger partial charge is 0.338 e. The maximum atomic E-state index is 12.7. The highest BCUT2D eigenvalue weighted by Gasteiger charge is 2.46. The van der Waals surface area contributed by atoms with Gasteiger partial charge in [0.1, 0.15) is 0 Å². The summed E-state index contributed by atoms with van der Waals surface area (Å²) in [5, 5.41) is 5.82. The van der Waals surface area contributed by atoms with Crippen LogP contribution in [0.5, 0.6) is 0 Å². The first-order valence-corrected chi connectivity index (χ1v) is 11.2. The molecule has 2 aromatic rings. The number of aromatic nitrogens is 3. The molecule has 2 atom stereocenters. The van der Waals surface area contributed by atoms with Crippen molar-refractivity contribution in [2.45, 2.75) is 79.1 Å². The summed E-state index contributed by atoms with van der Waals surface area (Å²) in [6, 6.07) is 0.701. The van der Waals surface area contributed by atoms with Crippen LogP contribution in [0.4, 0.5) is 0 Å². The van der Waals surface area contributed by atoms with Crippen LogP contribution < -0.4 is 0 Å². The SMILES string of the molecule is CCn1nc(C)c(CN2CC[C@H]3[C@@H]2CC(=O)N3CCc2nc(C)c(C)s2)c1C. The molecule has 1 amide bonds. The fraction of sp³-hybridized carbons (Fsp3) is 0.667. The van der Waals surface area contributed by atoms with Gasteiger partial charge in [-0.3, -0.25) is 14.4 Å². The van der Waals surface area contributed by atoms with Crippen molar-refractivity contribution >= 4 is 17.2 Å². The standard InChI is InChI=1S/C21H31N5OS/c1-6-26-15(4)17(14(3)23-26)12-24-9-7-18-19(24)11-21(27)25(18)10-8-20-22-13(2)16(5)28-20/h18-19H,6-12H2,1-5H3/t18-,19-/m0/s1. The Morgan fingerprint density at radius 3 is 2.57 bits per heavy atom. The fourth-order valence-corrected chi connectivity index (χ4v) is 5.76. The highest BCUT2D eigenvalue weighted by Crippen LogP contribution is 2.34. The second-order valence-electron chi connectivity index (χ2n) is 8.15. The fourth-order valence-electron chi connectivity index (χ4n) is 4.83. The number of hydrogen-bond donors (Lipinski definition) is 0. The van der Waals surface area contributed by atoms with Crippen LogP contribution in [0.25, 0.3) is 0 Å². The summed E-state index contributed by atoms with van der Waals surface area (Å²) in [7, 11) is 0. The molecule has 0 unspecified atom stereocenters. The molecule has 7 heteroatoms. The number of thiazole rings is 1. The van der Waals surface area contributed by atoms with Gasteiger partial charge in [0.15, 0.2) is 0 Å². The lowest BCUT2D eigenvalue weighted by Gasteiger charge is -2.25. The molecule has 0 bridgehead atoms. The van der Waals surface area contributed by atoms with E-state index < -0.39 is 0 Å². The molecule has 2 aliphatic rings. The number of aryl methyl sites for hydroxylation is 4. The number of likely N-dealkylation sites (tertiary alicyclic amines) is 2. The van der Waals surface area contributed by atoms with Gasteiger partial charge in [-0.15, -0.1) is 11.3 Å². The molecule has 0 spiro atoms. The van der Waals surface area contributed by atoms with E-state index in [0.29, 0.717) is 24.4 Å². The number of fused-ring (bicyclic) bond motifs is 1. The zero-order valence-corrected chi connectivity index (χ0v) is 18.5. The highest BCUT2D eigenvalue weighted by molar-refractivity contribution is 7.11. The molecule has 0 aliphatic carbocycles. The molecule has 4 heterocycles. The van der Waals surface area contributed by atoms with Crippen LogP contribution in [-0.2, 0) is 24.3 Å². The molecule has 152 valence electrons. The molecular weight excluding hydrogens is 370 g/mol. The van der Waals surface area contributed by atoms with Gasteiger partial charge in [-0.05, 0) is 41.0 Å². The van der Waals surface area contributed by atoms with Crippen LogP contribution in [0, 0.1) is 27.7 Å². The van der Waals surface area contributed by atoms with E-state index in [1.807, 2.05) is 0 Å². The van der Waals surface area contributed by atoms with Crippen molar-refractivity contribution in [2.75, 3.05) is 13.1 Å². The first-order valence-electron chi connectivity index (χ1n) is 10.4. The first kappa shape index (κ1) is 19.6. The molecule has 0 radical (unpaired) electrons. The molecule has 2 aromatic heterocycles. The predicted octanol–water partition coefficient (Wildman–Crippen LogP) is 3.01. The Balaban J connectivity index is 1.43. The molecule has 6 nitrogen and oxygen atoms in total. The van der Waals surface area contributed by atoms with E-state index in [4.69, 9.17) is 0 Å². The highest BCUT2D eigenvalue weighted by atomic mass is 32.1. The molecule has 2 fully saturated rings. The molecular formula is C21H31N5OS. The van der Waals surface area contributed by atoms with E-state index >= 15 is 0 Å². The van der Waals surface area contributed by atoms with Crippen molar-refractivity contribution in [2.24, 2.45) is 0 Å². The van der Waals surface area contributed by atoms with E-state index in [-0.39, 0.29) is 0 Å². The van der Waals surface area contributed by atoms with Crippen molar-refractivity contribution in [3.63, 3.8) is 0 Å². The molecule has 0 aromatic carbocycles. The second kappa shape index (κ2) is 7.59. The summed E-state index contributed by atoms with van der Waals surface area (Å²) in [6.45, 7) is 14.2. The van der Waals surface area contributed by atoms with Crippen LogP contribution in [0.15, 0.2) is 0 Å². The van der Waals surface area contributed by atoms with Gasteiger partial charge in [0.05, 0.1) is 16.4 Å². The van der Waals surface area contributed by atoms with Crippen molar-refractivity contribution < 1.29 is 4.79 Å². The number of rotatable bonds is 6. The number of hydrogen-bond acceptors (Lipinski definition) is 5. The lowest BCUT2D eigenvalue weighted by molar-refractivity contribution is -0.129. The Morgan fingerprint density at radius 1 is 1.14 bits per heavy atom. The third kappa shape index (κ3) is 3.39. The Morgan fingerprint density at radius 2 is 1.93 bits per heavy atom. The predicted molar refractivity (Wildman–Crippen MR) is 112 cm³/mol. The van der Waals surface area contributed by atoms with E-state index in [0.717, 1.165) is 55.4 Å². The van der Waals surface area contributed by atoms with Gasteiger partial charge in [-0.2, -0.15) is 5.10 Å². The summed E-state index contributed by atoms with van der Waals surface area (Å²) in [6.07, 6.45) is 2.60. The smallest absolute Gasteiger partial charge is 0.224 e. The number of carbonyl (C=O) groups is 1. The molecule has 2 saturated heterocycles. The minimum Gasteiger partial charge on any atom is -0.338 e. The van der Waals surface area contributed by atoms with Crippen molar-refractivity contribution in [1.82, 2.24) is 24.6 Å². The van der Waals surface area contributed by atoms with Gasteiger partial charge in [0.2, 0.25) is 5.91 Å². The van der Waals surface area contributed by atoms with Crippen molar-refractivity contribution in [3.8, 4) is 0 Å². The summed E-state index contributed by atoms with van der Waals surface area (Å²) in [5.41, 5.74) is 4.84. The Bertz CT molecular complexity index is 866. The number of nitrogens with zero attached hydrogens (tertiary/aromatic N) is 5. The normalized spacial score (nSPS) is 22.5. The van der Waals surface area contributed by atoms with Gasteiger partial charge in [0, 0.05) is 67.2 Å². The monoisotopic (exact) mass is 401 g/mol. The topological polar surface area (TPSA) is 54.3 Å². The van der Waals surface area contributed by atoms with Crippen LogP contribution in [0.3, 0.4) is 0 Å². The van der Waals surface area contributed by atoms with Crippen LogP contribution in [0.2, 0.25) is 0 Å². The molecule has 2 aliphatic heterocycles. The Hall–Kier alpha value is -1.73. The number of carbonyl (C=O) groups excluding carboxylic acids is 1. The van der Waals surface area contributed by atoms with Crippen LogP contribution in [-0.4, -0.2) is 55.6 Å². The number of amides is 1. The lowest BCUT2D eigenvalue weighted by Crippen LogP contribution is -2.38.